The summed E-state index contributed by atoms with van der Waals surface area (Å²) in [5.74, 6) is 0. The molecule has 5 heteroatoms. The topological polar surface area (TPSA) is 42.9 Å². The molecule has 0 amide bonds. The third-order valence-corrected chi connectivity index (χ3v) is 4.03. The van der Waals surface area contributed by atoms with Crippen LogP contribution in [-0.4, -0.2) is 31.7 Å². The number of benzene rings is 1. The number of nitrogens with zero attached hydrogens (tertiary/aromatic N) is 1. The molecule has 0 aromatic heterocycles. The van der Waals surface area contributed by atoms with Crippen molar-refractivity contribution < 1.29 is 9.31 Å². The van der Waals surface area contributed by atoms with E-state index >= 15 is 0 Å². The lowest BCUT2D eigenvalue weighted by atomic mass is 9.79. The number of hydrogen-bond acceptors (Lipinski definition) is 3. The van der Waals surface area contributed by atoms with Crippen molar-refractivity contribution in [3.05, 3.63) is 29.8 Å². The van der Waals surface area contributed by atoms with Gasteiger partial charge in [0.15, 0.2) is 0 Å². The predicted molar refractivity (Wildman–Crippen MR) is 83.4 cm³/mol. The lowest BCUT2D eigenvalue weighted by molar-refractivity contribution is 0.00578. The minimum atomic E-state index is -0.296. The van der Waals surface area contributed by atoms with E-state index in [0.717, 1.165) is 12.0 Å². The first-order valence-electron chi connectivity index (χ1n) is 6.94. The van der Waals surface area contributed by atoms with Gasteiger partial charge in [-0.25, -0.2) is 0 Å². The van der Waals surface area contributed by atoms with E-state index in [9.17, 15) is 0 Å². The van der Waals surface area contributed by atoms with Crippen LogP contribution >= 0.6 is 0 Å². The zero-order valence-corrected chi connectivity index (χ0v) is 12.9. The molecule has 0 unspecified atom stereocenters. The normalized spacial score (nSPS) is 20.6. The van der Waals surface area contributed by atoms with Gasteiger partial charge in [-0.15, -0.1) is 0 Å². The minimum absolute atomic E-state index is 0.292. The SMILES string of the molecule is CN=CNCc1ccc(B2OC(C)(C)C(C)(C)O2)cc1. The van der Waals surface area contributed by atoms with Crippen LogP contribution in [0.4, 0.5) is 0 Å². The highest BCUT2D eigenvalue weighted by atomic mass is 16.7. The molecule has 1 heterocycles. The van der Waals surface area contributed by atoms with Crippen molar-refractivity contribution in [3.63, 3.8) is 0 Å². The van der Waals surface area contributed by atoms with Gasteiger partial charge in [0.2, 0.25) is 0 Å². The Kier molecular flexibility index (Phi) is 4.21. The molecule has 0 aliphatic carbocycles. The molecular weight excluding hydrogens is 251 g/mol. The van der Waals surface area contributed by atoms with Gasteiger partial charge in [-0.3, -0.25) is 4.99 Å². The molecule has 0 bridgehead atoms. The first-order chi connectivity index (χ1) is 9.36. The third-order valence-electron chi connectivity index (χ3n) is 4.03. The maximum atomic E-state index is 6.03. The minimum Gasteiger partial charge on any atom is -0.399 e. The highest BCUT2D eigenvalue weighted by Crippen LogP contribution is 2.36. The van der Waals surface area contributed by atoms with Gasteiger partial charge in [0.1, 0.15) is 0 Å². The van der Waals surface area contributed by atoms with Crippen molar-refractivity contribution in [2.75, 3.05) is 7.05 Å². The summed E-state index contributed by atoms with van der Waals surface area (Å²) in [6.45, 7) is 9.02. The van der Waals surface area contributed by atoms with Crippen LogP contribution in [0.15, 0.2) is 29.3 Å². The summed E-state index contributed by atoms with van der Waals surface area (Å²) in [5, 5.41) is 3.11. The van der Waals surface area contributed by atoms with Crippen LogP contribution in [0.1, 0.15) is 33.3 Å². The Balaban J connectivity index is 2.04. The summed E-state index contributed by atoms with van der Waals surface area (Å²) in [4.78, 5) is 3.89. The highest BCUT2D eigenvalue weighted by molar-refractivity contribution is 6.62. The molecule has 1 aromatic carbocycles. The van der Waals surface area contributed by atoms with Crippen molar-refractivity contribution in [2.45, 2.75) is 45.4 Å². The number of hydrogen-bond donors (Lipinski definition) is 1. The van der Waals surface area contributed by atoms with Gasteiger partial charge < -0.3 is 14.6 Å². The molecule has 108 valence electrons. The average molecular weight is 274 g/mol. The summed E-state index contributed by atoms with van der Waals surface area (Å²) in [7, 11) is 1.45. The fourth-order valence-electron chi connectivity index (χ4n) is 2.03. The lowest BCUT2D eigenvalue weighted by Crippen LogP contribution is -2.41. The van der Waals surface area contributed by atoms with E-state index in [0.29, 0.717) is 0 Å². The van der Waals surface area contributed by atoms with Crippen LogP contribution in [0, 0.1) is 0 Å². The van der Waals surface area contributed by atoms with Gasteiger partial charge >= 0.3 is 7.12 Å². The van der Waals surface area contributed by atoms with E-state index in [1.54, 1.807) is 13.4 Å². The van der Waals surface area contributed by atoms with Crippen LogP contribution in [-0.2, 0) is 15.9 Å². The van der Waals surface area contributed by atoms with E-state index in [1.165, 1.54) is 5.56 Å². The van der Waals surface area contributed by atoms with Gasteiger partial charge in [0.05, 0.1) is 17.5 Å². The second kappa shape index (κ2) is 5.58. The van der Waals surface area contributed by atoms with Gasteiger partial charge in [-0.05, 0) is 38.7 Å². The molecular formula is C15H23BN2O2. The van der Waals surface area contributed by atoms with Gasteiger partial charge in [-0.2, -0.15) is 0 Å². The van der Waals surface area contributed by atoms with Crippen molar-refractivity contribution in [2.24, 2.45) is 4.99 Å². The van der Waals surface area contributed by atoms with E-state index in [2.05, 4.69) is 62.3 Å². The Morgan fingerprint density at radius 2 is 1.65 bits per heavy atom. The number of aliphatic imine (C=N–C) groups is 1. The second-order valence-corrected chi connectivity index (χ2v) is 6.10. The molecule has 1 aromatic rings. The molecule has 0 radical (unpaired) electrons. The molecule has 4 nitrogen and oxygen atoms in total. The summed E-state index contributed by atoms with van der Waals surface area (Å²) < 4.78 is 12.1. The largest absolute Gasteiger partial charge is 0.494 e. The van der Waals surface area contributed by atoms with Crippen LogP contribution in [0.2, 0.25) is 0 Å². The molecule has 1 saturated heterocycles. The second-order valence-electron chi connectivity index (χ2n) is 6.10. The van der Waals surface area contributed by atoms with E-state index in [4.69, 9.17) is 9.31 Å². The smallest absolute Gasteiger partial charge is 0.399 e. The summed E-state index contributed by atoms with van der Waals surface area (Å²) in [5.41, 5.74) is 1.66. The number of rotatable bonds is 4. The molecule has 0 atom stereocenters. The molecule has 20 heavy (non-hydrogen) atoms. The fourth-order valence-corrected chi connectivity index (χ4v) is 2.03. The Bertz CT molecular complexity index is 467. The van der Waals surface area contributed by atoms with Crippen molar-refractivity contribution in [3.8, 4) is 0 Å². The van der Waals surface area contributed by atoms with E-state index in [-0.39, 0.29) is 18.3 Å². The van der Waals surface area contributed by atoms with Crippen LogP contribution in [0.5, 0.6) is 0 Å². The lowest BCUT2D eigenvalue weighted by Gasteiger charge is -2.32. The quantitative estimate of drug-likeness (QED) is 0.516. The fraction of sp³-hybridized carbons (Fsp3) is 0.533. The average Bonchev–Trinajstić information content (AvgIpc) is 2.60. The maximum Gasteiger partial charge on any atom is 0.494 e. The van der Waals surface area contributed by atoms with Crippen LogP contribution in [0.3, 0.4) is 0 Å². The molecule has 1 aliphatic rings. The highest BCUT2D eigenvalue weighted by Gasteiger charge is 2.51. The number of nitrogens with one attached hydrogen (secondary N) is 1. The van der Waals surface area contributed by atoms with Crippen molar-refractivity contribution >= 4 is 18.9 Å². The Morgan fingerprint density at radius 1 is 1.10 bits per heavy atom. The van der Waals surface area contributed by atoms with Crippen molar-refractivity contribution in [1.82, 2.24) is 5.32 Å². The molecule has 1 N–H and O–H groups in total. The Hall–Kier alpha value is -1.33. The van der Waals surface area contributed by atoms with Gasteiger partial charge in [-0.1, -0.05) is 24.3 Å². The zero-order valence-electron chi connectivity index (χ0n) is 12.9. The molecule has 1 aliphatic heterocycles. The zero-order chi connectivity index (χ0) is 14.8. The van der Waals surface area contributed by atoms with E-state index in [1.807, 2.05) is 0 Å². The first-order valence-corrected chi connectivity index (χ1v) is 6.94. The van der Waals surface area contributed by atoms with Gasteiger partial charge in [0, 0.05) is 13.6 Å². The first kappa shape index (κ1) is 15.1. The summed E-state index contributed by atoms with van der Waals surface area (Å²) >= 11 is 0. The summed E-state index contributed by atoms with van der Waals surface area (Å²) in [6, 6.07) is 8.28. The summed E-state index contributed by atoms with van der Waals surface area (Å²) in [6.07, 6.45) is 1.70. The monoisotopic (exact) mass is 274 g/mol. The van der Waals surface area contributed by atoms with E-state index < -0.39 is 0 Å². The maximum absolute atomic E-state index is 6.03. The predicted octanol–water partition coefficient (Wildman–Crippen LogP) is 1.73. The Morgan fingerprint density at radius 3 is 2.15 bits per heavy atom. The molecule has 2 rings (SSSR count). The van der Waals surface area contributed by atoms with Gasteiger partial charge in [0.25, 0.3) is 0 Å². The van der Waals surface area contributed by atoms with Crippen LogP contribution in [0.25, 0.3) is 0 Å². The third kappa shape index (κ3) is 3.05. The molecule has 1 fully saturated rings. The van der Waals surface area contributed by atoms with Crippen molar-refractivity contribution in [1.29, 1.82) is 0 Å². The standard InChI is InChI=1S/C15H23BN2O2/c1-14(2)15(3,4)20-16(19-14)13-8-6-12(7-9-13)10-18-11-17-5/h6-9,11H,10H2,1-5H3,(H,17,18). The van der Waals surface area contributed by atoms with Crippen LogP contribution < -0.4 is 10.8 Å². The molecule has 0 saturated carbocycles. The Labute approximate surface area is 121 Å². The molecule has 0 spiro atoms.